The number of hydrogen-bond acceptors (Lipinski definition) is 6. The smallest absolute Gasteiger partial charge is 0.232 e. The predicted molar refractivity (Wildman–Crippen MR) is 115 cm³/mol. The Morgan fingerprint density at radius 2 is 1.78 bits per heavy atom. The first-order chi connectivity index (χ1) is 15.5. The number of carbonyl (C=O) groups excluding carboxylic acids is 1. The number of hydrogen-bond donors (Lipinski definition) is 1. The van der Waals surface area contributed by atoms with E-state index in [2.05, 4.69) is 9.97 Å². The number of nitrogens with zero attached hydrogens (tertiary/aromatic N) is 2. The lowest BCUT2D eigenvalue weighted by Gasteiger charge is -2.10. The van der Waals surface area contributed by atoms with Crippen molar-refractivity contribution in [3.8, 4) is 11.6 Å². The molecule has 1 aromatic heterocycles. The minimum absolute atomic E-state index is 0.0501. The Morgan fingerprint density at radius 1 is 0.969 bits per heavy atom. The summed E-state index contributed by atoms with van der Waals surface area (Å²) in [6, 6.07) is 15.8. The van der Waals surface area contributed by atoms with Gasteiger partial charge in [0, 0.05) is 18.2 Å². The third kappa shape index (κ3) is 4.70. The van der Waals surface area contributed by atoms with Gasteiger partial charge in [-0.2, -0.15) is 0 Å². The molecule has 4 aromatic rings. The summed E-state index contributed by atoms with van der Waals surface area (Å²) in [7, 11) is 0. The second-order valence-electron chi connectivity index (χ2n) is 6.92. The molecule has 3 aromatic carbocycles. The topological polar surface area (TPSA) is 87.3 Å². The summed E-state index contributed by atoms with van der Waals surface area (Å²) < 4.78 is 39.6. The fraction of sp³-hybridized carbons (Fsp3) is 0.125. The highest BCUT2D eigenvalue weighted by Crippen LogP contribution is 2.25. The van der Waals surface area contributed by atoms with Crippen LogP contribution in [0.15, 0.2) is 66.9 Å². The number of fused-ring (bicyclic) bond motifs is 1. The van der Waals surface area contributed by atoms with Gasteiger partial charge in [-0.1, -0.05) is 30.3 Å². The van der Waals surface area contributed by atoms with E-state index in [1.807, 2.05) is 30.3 Å². The van der Waals surface area contributed by atoms with Crippen molar-refractivity contribution in [1.82, 2.24) is 9.97 Å². The lowest BCUT2D eigenvalue weighted by molar-refractivity contribution is 0.103. The minimum Gasteiger partial charge on any atom is -0.489 e. The second kappa shape index (κ2) is 9.49. The van der Waals surface area contributed by atoms with Gasteiger partial charge in [0.15, 0.2) is 17.4 Å². The molecule has 0 radical (unpaired) electrons. The second-order valence-corrected chi connectivity index (χ2v) is 6.92. The zero-order valence-corrected chi connectivity index (χ0v) is 16.9. The Morgan fingerprint density at radius 3 is 2.56 bits per heavy atom. The van der Waals surface area contributed by atoms with Gasteiger partial charge in [-0.3, -0.25) is 4.79 Å². The summed E-state index contributed by atoms with van der Waals surface area (Å²) >= 11 is 0. The van der Waals surface area contributed by atoms with Gasteiger partial charge in [-0.25, -0.2) is 18.7 Å². The molecule has 1 heterocycles. The monoisotopic (exact) mass is 435 g/mol. The number of ketones is 1. The molecule has 4 rings (SSSR count). The molecule has 162 valence electrons. The highest BCUT2D eigenvalue weighted by atomic mass is 19.2. The van der Waals surface area contributed by atoms with Crippen molar-refractivity contribution < 1.29 is 23.0 Å². The summed E-state index contributed by atoms with van der Waals surface area (Å²) in [6.07, 6.45) is 1.45. The van der Waals surface area contributed by atoms with E-state index in [9.17, 15) is 13.6 Å². The van der Waals surface area contributed by atoms with Gasteiger partial charge >= 0.3 is 0 Å². The Balaban J connectivity index is 1.62. The summed E-state index contributed by atoms with van der Waals surface area (Å²) in [6.45, 7) is 0.724. The van der Waals surface area contributed by atoms with Crippen molar-refractivity contribution in [3.05, 3.63) is 95.2 Å². The number of nitrogens with two attached hydrogens (primary N) is 1. The summed E-state index contributed by atoms with van der Waals surface area (Å²) in [4.78, 5) is 21.5. The molecule has 6 nitrogen and oxygen atoms in total. The molecule has 0 amide bonds. The number of aromatic nitrogens is 2. The third-order valence-corrected chi connectivity index (χ3v) is 4.64. The van der Waals surface area contributed by atoms with E-state index < -0.39 is 23.0 Å². The van der Waals surface area contributed by atoms with E-state index in [-0.39, 0.29) is 30.4 Å². The van der Waals surface area contributed by atoms with Gasteiger partial charge in [0.05, 0.1) is 22.8 Å². The molecule has 0 bridgehead atoms. The Labute approximate surface area is 182 Å². The van der Waals surface area contributed by atoms with Crippen molar-refractivity contribution in [2.24, 2.45) is 5.73 Å². The van der Waals surface area contributed by atoms with Gasteiger partial charge in [-0.15, -0.1) is 0 Å². The van der Waals surface area contributed by atoms with Gasteiger partial charge < -0.3 is 15.2 Å². The zero-order chi connectivity index (χ0) is 22.5. The quantitative estimate of drug-likeness (QED) is 0.420. The van der Waals surface area contributed by atoms with Crippen molar-refractivity contribution in [2.75, 3.05) is 13.2 Å². The van der Waals surface area contributed by atoms with Crippen LogP contribution in [0.1, 0.15) is 21.5 Å². The van der Waals surface area contributed by atoms with E-state index in [4.69, 9.17) is 15.2 Å². The SMILES string of the molecule is NCCOc1cnc2ccc(C(=O)c3cc(OCc4ccccc4)cc(F)c3F)cc2n1. The molecule has 0 fully saturated rings. The molecule has 0 spiro atoms. The van der Waals surface area contributed by atoms with Crippen LogP contribution >= 0.6 is 0 Å². The van der Waals surface area contributed by atoms with Crippen LogP contribution in [-0.2, 0) is 6.61 Å². The number of carbonyl (C=O) groups is 1. The van der Waals surface area contributed by atoms with E-state index in [1.165, 1.54) is 24.4 Å². The molecule has 0 aliphatic heterocycles. The van der Waals surface area contributed by atoms with Crippen molar-refractivity contribution in [1.29, 1.82) is 0 Å². The lowest BCUT2D eigenvalue weighted by Crippen LogP contribution is -2.11. The molecule has 32 heavy (non-hydrogen) atoms. The molecular formula is C24H19F2N3O3. The average Bonchev–Trinajstić information content (AvgIpc) is 2.83. The van der Waals surface area contributed by atoms with Crippen molar-refractivity contribution in [3.63, 3.8) is 0 Å². The third-order valence-electron chi connectivity index (χ3n) is 4.64. The minimum atomic E-state index is -1.24. The van der Waals surface area contributed by atoms with E-state index in [0.717, 1.165) is 11.6 Å². The first kappa shape index (κ1) is 21.3. The van der Waals surface area contributed by atoms with Crippen molar-refractivity contribution in [2.45, 2.75) is 6.61 Å². The van der Waals surface area contributed by atoms with Crippen LogP contribution in [0.5, 0.6) is 11.6 Å². The summed E-state index contributed by atoms with van der Waals surface area (Å²) in [5, 5.41) is 0. The molecule has 0 aliphatic carbocycles. The molecule has 0 saturated carbocycles. The Bertz CT molecular complexity index is 1270. The van der Waals surface area contributed by atoms with Crippen LogP contribution < -0.4 is 15.2 Å². The maximum absolute atomic E-state index is 14.5. The average molecular weight is 435 g/mol. The fourth-order valence-corrected chi connectivity index (χ4v) is 3.08. The van der Waals surface area contributed by atoms with E-state index >= 15 is 0 Å². The van der Waals surface area contributed by atoms with Crippen LogP contribution in [0.4, 0.5) is 8.78 Å². The lowest BCUT2D eigenvalue weighted by atomic mass is 10.0. The number of halogens is 2. The van der Waals surface area contributed by atoms with Gasteiger partial charge in [-0.05, 0) is 29.8 Å². The molecule has 0 saturated heterocycles. The predicted octanol–water partition coefficient (Wildman–Crippen LogP) is 4.06. The maximum Gasteiger partial charge on any atom is 0.232 e. The number of rotatable bonds is 8. The van der Waals surface area contributed by atoms with Crippen molar-refractivity contribution >= 4 is 16.8 Å². The highest BCUT2D eigenvalue weighted by molar-refractivity contribution is 6.10. The van der Waals surface area contributed by atoms with Crippen LogP contribution in [-0.4, -0.2) is 28.9 Å². The van der Waals surface area contributed by atoms with Gasteiger partial charge in [0.2, 0.25) is 5.88 Å². The molecule has 0 atom stereocenters. The normalized spacial score (nSPS) is 10.8. The summed E-state index contributed by atoms with van der Waals surface area (Å²) in [5.74, 6) is -2.82. The highest BCUT2D eigenvalue weighted by Gasteiger charge is 2.20. The van der Waals surface area contributed by atoms with Crippen LogP contribution in [0.2, 0.25) is 0 Å². The molecular weight excluding hydrogens is 416 g/mol. The molecule has 2 N–H and O–H groups in total. The van der Waals surface area contributed by atoms with E-state index in [1.54, 1.807) is 6.07 Å². The largest absolute Gasteiger partial charge is 0.489 e. The fourth-order valence-electron chi connectivity index (χ4n) is 3.08. The number of ether oxygens (including phenoxy) is 2. The molecule has 0 aliphatic rings. The Kier molecular flexibility index (Phi) is 6.32. The molecule has 0 unspecified atom stereocenters. The zero-order valence-electron chi connectivity index (χ0n) is 16.9. The van der Waals surface area contributed by atoms with Crippen LogP contribution in [0.25, 0.3) is 11.0 Å². The van der Waals surface area contributed by atoms with Gasteiger partial charge in [0.25, 0.3) is 0 Å². The molecule has 8 heteroatoms. The number of benzene rings is 3. The summed E-state index contributed by atoms with van der Waals surface area (Å²) in [5.41, 5.74) is 6.86. The van der Waals surface area contributed by atoms with Crippen LogP contribution in [0.3, 0.4) is 0 Å². The van der Waals surface area contributed by atoms with Gasteiger partial charge in [0.1, 0.15) is 19.0 Å². The van der Waals surface area contributed by atoms with Crippen LogP contribution in [0, 0.1) is 11.6 Å². The standard InChI is InChI=1S/C24H19F2N3O3/c25-19-12-17(32-14-15-4-2-1-3-5-15)11-18(23(19)26)24(30)16-6-7-20-21(10-16)29-22(13-28-20)31-9-8-27/h1-7,10-13H,8-9,14,27H2. The Hall–Kier alpha value is -3.91. The maximum atomic E-state index is 14.5. The first-order valence-corrected chi connectivity index (χ1v) is 9.85. The first-order valence-electron chi connectivity index (χ1n) is 9.85. The van der Waals surface area contributed by atoms with E-state index in [0.29, 0.717) is 17.6 Å².